The number of aromatic nitrogens is 1. The van der Waals surface area contributed by atoms with E-state index in [1.165, 1.54) is 25.3 Å². The number of hydrogen-bond acceptors (Lipinski definition) is 5. The van der Waals surface area contributed by atoms with Gasteiger partial charge in [0.25, 0.3) is 0 Å². The van der Waals surface area contributed by atoms with Gasteiger partial charge < -0.3 is 10.6 Å². The smallest absolute Gasteiger partial charge is 0.133 e. The molecule has 1 aromatic carbocycles. The van der Waals surface area contributed by atoms with Gasteiger partial charge in [-0.05, 0) is 105 Å². The highest BCUT2D eigenvalue weighted by molar-refractivity contribution is 7.16. The van der Waals surface area contributed by atoms with E-state index in [2.05, 4.69) is 59.0 Å². The van der Waals surface area contributed by atoms with E-state index < -0.39 is 0 Å². The number of piperidine rings is 1. The lowest BCUT2D eigenvalue weighted by molar-refractivity contribution is 0.248. The van der Waals surface area contributed by atoms with Gasteiger partial charge in [0.1, 0.15) is 11.6 Å². The quantitative estimate of drug-likeness (QED) is 0.197. The summed E-state index contributed by atoms with van der Waals surface area (Å²) < 4.78 is 15.6. The third-order valence-corrected chi connectivity index (χ3v) is 9.19. The molecule has 0 atom stereocenters. The molecule has 4 nitrogen and oxygen atoms in total. The van der Waals surface area contributed by atoms with Crippen molar-refractivity contribution in [1.82, 2.24) is 9.88 Å². The van der Waals surface area contributed by atoms with Gasteiger partial charge in [-0.25, -0.2) is 9.37 Å². The second kappa shape index (κ2) is 16.9. The third kappa shape index (κ3) is 8.80. The predicted molar refractivity (Wildman–Crippen MR) is 198 cm³/mol. The van der Waals surface area contributed by atoms with Crippen molar-refractivity contribution < 1.29 is 4.39 Å². The van der Waals surface area contributed by atoms with E-state index in [9.17, 15) is 0 Å². The summed E-state index contributed by atoms with van der Waals surface area (Å²) in [5.74, 6) is 0.396. The Morgan fingerprint density at radius 2 is 1.78 bits per heavy atom. The second-order valence-corrected chi connectivity index (χ2v) is 12.1. The lowest BCUT2D eigenvalue weighted by Gasteiger charge is -2.27. The standard InChI is InChI=1S/C37H43FN4S.C2H6/c1-9-28(23-42-18-12-11-13-19-42)20-29(10-2)32-21-31(34(39-8)22-33(32)38)25(5)27(7)41-37-26(6)30(16-17-40-37)36-15-14-35(43-36)24(3)4;1-2/h9-10,14-17,20-22,39H,1,3,5,7,11-13,18-19,23H2,2,4,6,8H3,(H,40,41);1-2H3/b28-20+,29-10+;. The number of pyridine rings is 1. The molecular weight excluding hydrogens is 576 g/mol. The van der Waals surface area contributed by atoms with Gasteiger partial charge in [0.15, 0.2) is 0 Å². The van der Waals surface area contributed by atoms with Crippen LogP contribution in [0.1, 0.15) is 68.5 Å². The number of nitrogens with zero attached hydrogens (tertiary/aromatic N) is 2. The summed E-state index contributed by atoms with van der Waals surface area (Å²) in [5, 5.41) is 6.51. The number of likely N-dealkylation sites (tertiary alicyclic amines) is 1. The molecule has 238 valence electrons. The van der Waals surface area contributed by atoms with Crippen molar-refractivity contribution in [3.8, 4) is 10.4 Å². The molecule has 2 N–H and O–H groups in total. The van der Waals surface area contributed by atoms with Crippen LogP contribution in [0.5, 0.6) is 0 Å². The normalized spacial score (nSPS) is 13.8. The molecule has 0 unspecified atom stereocenters. The number of benzene rings is 1. The fourth-order valence-corrected chi connectivity index (χ4v) is 6.35. The van der Waals surface area contributed by atoms with E-state index in [0.29, 0.717) is 28.3 Å². The Bertz CT molecular complexity index is 1600. The Kier molecular flexibility index (Phi) is 13.3. The van der Waals surface area contributed by atoms with Crippen LogP contribution in [0.2, 0.25) is 0 Å². The third-order valence-electron chi connectivity index (χ3n) is 7.91. The van der Waals surface area contributed by atoms with Crippen molar-refractivity contribution in [2.45, 2.75) is 53.9 Å². The minimum absolute atomic E-state index is 0.305. The zero-order valence-corrected chi connectivity index (χ0v) is 28.8. The minimum Gasteiger partial charge on any atom is -0.388 e. The van der Waals surface area contributed by atoms with Crippen molar-refractivity contribution in [3.05, 3.63) is 120 Å². The Labute approximate surface area is 274 Å². The highest BCUT2D eigenvalue weighted by Crippen LogP contribution is 2.37. The molecule has 45 heavy (non-hydrogen) atoms. The van der Waals surface area contributed by atoms with Gasteiger partial charge in [-0.15, -0.1) is 11.3 Å². The van der Waals surface area contributed by atoms with Crippen LogP contribution in [0.3, 0.4) is 0 Å². The molecule has 0 amide bonds. The number of hydrogen-bond donors (Lipinski definition) is 2. The first-order valence-corrected chi connectivity index (χ1v) is 16.6. The van der Waals surface area contributed by atoms with Crippen LogP contribution in [-0.4, -0.2) is 36.6 Å². The van der Waals surface area contributed by atoms with Gasteiger partial charge in [-0.3, -0.25) is 4.90 Å². The number of anilines is 2. The molecule has 0 spiro atoms. The van der Waals surface area contributed by atoms with E-state index >= 15 is 4.39 Å². The largest absolute Gasteiger partial charge is 0.388 e. The molecule has 0 radical (unpaired) electrons. The van der Waals surface area contributed by atoms with E-state index in [-0.39, 0.29) is 5.82 Å². The first-order chi connectivity index (χ1) is 21.7. The molecule has 3 heterocycles. The van der Waals surface area contributed by atoms with E-state index in [1.807, 2.05) is 65.0 Å². The summed E-state index contributed by atoms with van der Waals surface area (Å²) in [4.78, 5) is 9.35. The molecule has 1 saturated heterocycles. The van der Waals surface area contributed by atoms with Crippen LogP contribution < -0.4 is 10.6 Å². The van der Waals surface area contributed by atoms with Crippen molar-refractivity contribution in [2.24, 2.45) is 0 Å². The maximum Gasteiger partial charge on any atom is 0.133 e. The van der Waals surface area contributed by atoms with Crippen LogP contribution in [0, 0.1) is 12.7 Å². The van der Waals surface area contributed by atoms with Crippen LogP contribution in [-0.2, 0) is 0 Å². The monoisotopic (exact) mass is 624 g/mol. The predicted octanol–water partition coefficient (Wildman–Crippen LogP) is 11.0. The molecule has 0 aliphatic carbocycles. The SMILES string of the molecule is C=C/C(=C\C(=C/C)c1cc(C(=C)C(=C)Nc2nccc(-c3ccc(C(=C)C)s3)c2C)c(NC)cc1F)CN1CCCCC1.CC. The van der Waals surface area contributed by atoms with Crippen molar-refractivity contribution in [1.29, 1.82) is 0 Å². The highest BCUT2D eigenvalue weighted by Gasteiger charge is 2.18. The zero-order chi connectivity index (χ0) is 33.1. The van der Waals surface area contributed by atoms with Crippen LogP contribution >= 0.6 is 11.3 Å². The molecule has 2 aromatic heterocycles. The highest BCUT2D eigenvalue weighted by atomic mass is 32.1. The molecule has 0 saturated carbocycles. The maximum atomic E-state index is 15.6. The number of rotatable bonds is 12. The molecule has 0 bridgehead atoms. The number of halogens is 1. The fourth-order valence-electron chi connectivity index (χ4n) is 5.33. The lowest BCUT2D eigenvalue weighted by atomic mass is 9.94. The summed E-state index contributed by atoms with van der Waals surface area (Å²) in [6, 6.07) is 9.61. The van der Waals surface area contributed by atoms with Crippen molar-refractivity contribution in [2.75, 3.05) is 37.3 Å². The Morgan fingerprint density at radius 1 is 1.07 bits per heavy atom. The van der Waals surface area contributed by atoms with Gasteiger partial charge in [-0.2, -0.15) is 0 Å². The molecular formula is C39H49FN4S. The van der Waals surface area contributed by atoms with E-state index in [0.717, 1.165) is 62.8 Å². The van der Waals surface area contributed by atoms with Gasteiger partial charge in [0, 0.05) is 57.6 Å². The van der Waals surface area contributed by atoms with Crippen LogP contribution in [0.15, 0.2) is 92.3 Å². The maximum absolute atomic E-state index is 15.6. The van der Waals surface area contributed by atoms with Gasteiger partial charge in [0.05, 0.1) is 0 Å². The molecule has 1 aliphatic rings. The Balaban J connectivity index is 0.00000271. The average molecular weight is 625 g/mol. The second-order valence-electron chi connectivity index (χ2n) is 11.0. The average Bonchev–Trinajstić information content (AvgIpc) is 3.56. The fraction of sp³-hybridized carbons (Fsp3) is 0.308. The lowest BCUT2D eigenvalue weighted by Crippen LogP contribution is -2.31. The first kappa shape index (κ1) is 35.5. The summed E-state index contributed by atoms with van der Waals surface area (Å²) in [7, 11) is 1.78. The molecule has 3 aromatic rings. The van der Waals surface area contributed by atoms with Crippen LogP contribution in [0.25, 0.3) is 27.2 Å². The van der Waals surface area contributed by atoms with Crippen molar-refractivity contribution >= 4 is 39.6 Å². The van der Waals surface area contributed by atoms with Gasteiger partial charge in [-0.1, -0.05) is 64.8 Å². The minimum atomic E-state index is -0.305. The molecule has 1 fully saturated rings. The Hall–Kier alpha value is -4.00. The molecule has 1 aliphatic heterocycles. The van der Waals surface area contributed by atoms with Crippen LogP contribution in [0.4, 0.5) is 15.9 Å². The van der Waals surface area contributed by atoms with Gasteiger partial charge >= 0.3 is 0 Å². The summed E-state index contributed by atoms with van der Waals surface area (Å²) in [5.41, 5.74) is 8.16. The van der Waals surface area contributed by atoms with E-state index in [4.69, 9.17) is 0 Å². The Morgan fingerprint density at radius 3 is 2.38 bits per heavy atom. The molecule has 6 heteroatoms. The first-order valence-electron chi connectivity index (χ1n) is 15.8. The summed E-state index contributed by atoms with van der Waals surface area (Å²) in [6.07, 6.45) is 11.4. The summed E-state index contributed by atoms with van der Waals surface area (Å²) >= 11 is 1.71. The number of thiophene rings is 1. The zero-order valence-electron chi connectivity index (χ0n) is 27.9. The van der Waals surface area contributed by atoms with Crippen molar-refractivity contribution in [3.63, 3.8) is 0 Å². The van der Waals surface area contributed by atoms with E-state index in [1.54, 1.807) is 24.6 Å². The van der Waals surface area contributed by atoms with Gasteiger partial charge in [0.2, 0.25) is 0 Å². The summed E-state index contributed by atoms with van der Waals surface area (Å²) in [6.45, 7) is 29.7. The molecule has 4 rings (SSSR count). The number of nitrogens with one attached hydrogen (secondary N) is 2. The topological polar surface area (TPSA) is 40.2 Å². The number of allylic oxidation sites excluding steroid dienone is 5.